The fourth-order valence-electron chi connectivity index (χ4n) is 3.06. The summed E-state index contributed by atoms with van der Waals surface area (Å²) < 4.78 is 5.05. The van der Waals surface area contributed by atoms with Crippen molar-refractivity contribution in [2.45, 2.75) is 13.0 Å². The van der Waals surface area contributed by atoms with Gasteiger partial charge in [0, 0.05) is 32.7 Å². The van der Waals surface area contributed by atoms with E-state index >= 15 is 0 Å². The first-order chi connectivity index (χ1) is 13.1. The number of amides is 2. The summed E-state index contributed by atoms with van der Waals surface area (Å²) in [5.41, 5.74) is 1.19. The van der Waals surface area contributed by atoms with E-state index in [9.17, 15) is 9.59 Å². The summed E-state index contributed by atoms with van der Waals surface area (Å²) in [5, 5.41) is 2.69. The third-order valence-corrected chi connectivity index (χ3v) is 4.62. The molecule has 1 atom stereocenters. The third-order valence-electron chi connectivity index (χ3n) is 4.62. The average molecular weight is 367 g/mol. The predicted molar refractivity (Wildman–Crippen MR) is 104 cm³/mol. The van der Waals surface area contributed by atoms with Crippen LogP contribution >= 0.6 is 0 Å². The second kappa shape index (κ2) is 9.19. The van der Waals surface area contributed by atoms with Crippen LogP contribution in [0.15, 0.2) is 59.2 Å². The summed E-state index contributed by atoms with van der Waals surface area (Å²) >= 11 is 0. The van der Waals surface area contributed by atoms with Gasteiger partial charge in [-0.25, -0.2) is 0 Å². The van der Waals surface area contributed by atoms with Crippen LogP contribution in [0.5, 0.6) is 0 Å². The van der Waals surface area contributed by atoms with Gasteiger partial charge < -0.3 is 14.6 Å². The summed E-state index contributed by atoms with van der Waals surface area (Å²) in [5.74, 6) is -0.218. The monoisotopic (exact) mass is 367 g/mol. The van der Waals surface area contributed by atoms with Gasteiger partial charge in [0.15, 0.2) is 5.76 Å². The van der Waals surface area contributed by atoms with E-state index in [1.54, 1.807) is 19.1 Å². The molecule has 0 bridgehead atoms. The summed E-state index contributed by atoms with van der Waals surface area (Å²) in [7, 11) is 0. The van der Waals surface area contributed by atoms with E-state index in [1.165, 1.54) is 11.8 Å². The molecule has 0 radical (unpaired) electrons. The molecule has 3 rings (SSSR count). The highest BCUT2D eigenvalue weighted by atomic mass is 16.3. The Morgan fingerprint density at radius 1 is 1.11 bits per heavy atom. The van der Waals surface area contributed by atoms with E-state index in [-0.39, 0.29) is 17.6 Å². The topological polar surface area (TPSA) is 65.8 Å². The number of hydrogen-bond donors (Lipinski definition) is 1. The van der Waals surface area contributed by atoms with Gasteiger partial charge in [-0.05, 0) is 24.6 Å². The van der Waals surface area contributed by atoms with Crippen molar-refractivity contribution < 1.29 is 14.0 Å². The van der Waals surface area contributed by atoms with Gasteiger partial charge in [0.1, 0.15) is 6.04 Å². The summed E-state index contributed by atoms with van der Waals surface area (Å²) in [6, 6.07) is 12.8. The van der Waals surface area contributed by atoms with Crippen LogP contribution in [0.2, 0.25) is 0 Å². The van der Waals surface area contributed by atoms with E-state index in [1.807, 2.05) is 23.1 Å². The minimum absolute atomic E-state index is 0.0608. The molecular weight excluding hydrogens is 342 g/mol. The third kappa shape index (κ3) is 5.31. The Bertz CT molecular complexity index is 763. The van der Waals surface area contributed by atoms with Crippen molar-refractivity contribution in [3.63, 3.8) is 0 Å². The molecule has 2 amide bonds. The normalized spacial score (nSPS) is 16.4. The first-order valence-corrected chi connectivity index (χ1v) is 9.20. The Hall–Kier alpha value is -2.86. The van der Waals surface area contributed by atoms with Crippen LogP contribution in [0.4, 0.5) is 0 Å². The fraction of sp³-hybridized carbons (Fsp3) is 0.333. The molecule has 1 unspecified atom stereocenters. The number of benzene rings is 1. The zero-order valence-electron chi connectivity index (χ0n) is 15.5. The highest BCUT2D eigenvalue weighted by Gasteiger charge is 2.26. The lowest BCUT2D eigenvalue weighted by Crippen LogP contribution is -2.54. The van der Waals surface area contributed by atoms with Gasteiger partial charge in [-0.15, -0.1) is 0 Å². The molecule has 6 nitrogen and oxygen atoms in total. The predicted octanol–water partition coefficient (Wildman–Crippen LogP) is 2.26. The first kappa shape index (κ1) is 18.9. The average Bonchev–Trinajstić information content (AvgIpc) is 3.24. The molecule has 1 aromatic carbocycles. The van der Waals surface area contributed by atoms with Crippen molar-refractivity contribution in [3.8, 4) is 0 Å². The lowest BCUT2D eigenvalue weighted by molar-refractivity contribution is -0.134. The van der Waals surface area contributed by atoms with Crippen LogP contribution in [0, 0.1) is 0 Å². The highest BCUT2D eigenvalue weighted by Crippen LogP contribution is 2.07. The number of carbonyl (C=O) groups excluding carboxylic acids is 2. The molecule has 2 heterocycles. The van der Waals surface area contributed by atoms with Crippen LogP contribution in [-0.2, 0) is 4.79 Å². The number of nitrogens with one attached hydrogen (secondary N) is 1. The van der Waals surface area contributed by atoms with Crippen molar-refractivity contribution in [2.75, 3.05) is 32.7 Å². The SMILES string of the molecule is CC(NC(=O)c1ccco1)C(=O)N1CCN(CC=Cc2ccccc2)CC1. The minimum Gasteiger partial charge on any atom is -0.459 e. The summed E-state index contributed by atoms with van der Waals surface area (Å²) in [4.78, 5) is 28.7. The second-order valence-corrected chi connectivity index (χ2v) is 6.61. The molecule has 142 valence electrons. The zero-order valence-corrected chi connectivity index (χ0v) is 15.5. The maximum atomic E-state index is 12.6. The van der Waals surface area contributed by atoms with Crippen LogP contribution in [0.1, 0.15) is 23.0 Å². The smallest absolute Gasteiger partial charge is 0.287 e. The summed E-state index contributed by atoms with van der Waals surface area (Å²) in [6.07, 6.45) is 5.70. The molecule has 1 fully saturated rings. The van der Waals surface area contributed by atoms with Gasteiger partial charge in [-0.3, -0.25) is 14.5 Å². The maximum absolute atomic E-state index is 12.6. The molecule has 2 aromatic rings. The maximum Gasteiger partial charge on any atom is 0.287 e. The Labute approximate surface area is 159 Å². The van der Waals surface area contributed by atoms with Crippen LogP contribution < -0.4 is 5.32 Å². The largest absolute Gasteiger partial charge is 0.459 e. The Balaban J connectivity index is 1.42. The first-order valence-electron chi connectivity index (χ1n) is 9.20. The van der Waals surface area contributed by atoms with Gasteiger partial charge in [0.2, 0.25) is 5.91 Å². The molecule has 1 aliphatic rings. The van der Waals surface area contributed by atoms with Crippen LogP contribution in [-0.4, -0.2) is 60.4 Å². The number of rotatable bonds is 6. The molecular formula is C21H25N3O3. The number of piperazine rings is 1. The number of furan rings is 1. The fourth-order valence-corrected chi connectivity index (χ4v) is 3.06. The number of carbonyl (C=O) groups is 2. The number of nitrogens with zero attached hydrogens (tertiary/aromatic N) is 2. The van der Waals surface area contributed by atoms with E-state index < -0.39 is 6.04 Å². The molecule has 0 saturated carbocycles. The standard InChI is InChI=1S/C21H25N3O3/c1-17(22-20(25)19-10-6-16-27-19)21(26)24-14-12-23(13-15-24)11-5-9-18-7-3-2-4-8-18/h2-10,16-17H,11-15H2,1H3,(H,22,25). The molecule has 0 aliphatic carbocycles. The van der Waals surface area contributed by atoms with E-state index in [0.717, 1.165) is 19.6 Å². The lowest BCUT2D eigenvalue weighted by atomic mass is 10.2. The summed E-state index contributed by atoms with van der Waals surface area (Å²) in [6.45, 7) is 5.55. The number of hydrogen-bond acceptors (Lipinski definition) is 4. The van der Waals surface area contributed by atoms with Gasteiger partial charge >= 0.3 is 0 Å². The molecule has 1 aliphatic heterocycles. The Kier molecular flexibility index (Phi) is 6.44. The molecule has 6 heteroatoms. The van der Waals surface area contributed by atoms with E-state index in [4.69, 9.17) is 4.42 Å². The van der Waals surface area contributed by atoms with Crippen molar-refractivity contribution in [1.29, 1.82) is 0 Å². The lowest BCUT2D eigenvalue weighted by Gasteiger charge is -2.35. The van der Waals surface area contributed by atoms with Crippen molar-refractivity contribution in [3.05, 3.63) is 66.1 Å². The highest BCUT2D eigenvalue weighted by molar-refractivity contribution is 5.95. The van der Waals surface area contributed by atoms with E-state index in [2.05, 4.69) is 34.5 Å². The van der Waals surface area contributed by atoms with E-state index in [0.29, 0.717) is 13.1 Å². The molecule has 0 spiro atoms. The van der Waals surface area contributed by atoms with Gasteiger partial charge in [-0.1, -0.05) is 42.5 Å². The van der Waals surface area contributed by atoms with Crippen molar-refractivity contribution in [2.24, 2.45) is 0 Å². The molecule has 1 N–H and O–H groups in total. The molecule has 1 saturated heterocycles. The van der Waals surface area contributed by atoms with Crippen molar-refractivity contribution in [1.82, 2.24) is 15.1 Å². The molecule has 1 aromatic heterocycles. The quantitative estimate of drug-likeness (QED) is 0.851. The molecule has 27 heavy (non-hydrogen) atoms. The van der Waals surface area contributed by atoms with Gasteiger partial charge in [-0.2, -0.15) is 0 Å². The van der Waals surface area contributed by atoms with Gasteiger partial charge in [0.05, 0.1) is 6.26 Å². The zero-order chi connectivity index (χ0) is 19.1. The van der Waals surface area contributed by atoms with Crippen molar-refractivity contribution >= 4 is 17.9 Å². The Morgan fingerprint density at radius 3 is 2.52 bits per heavy atom. The van der Waals surface area contributed by atoms with Gasteiger partial charge in [0.25, 0.3) is 5.91 Å². The second-order valence-electron chi connectivity index (χ2n) is 6.61. The minimum atomic E-state index is -0.577. The Morgan fingerprint density at radius 2 is 1.85 bits per heavy atom. The van der Waals surface area contributed by atoms with Crippen LogP contribution in [0.25, 0.3) is 6.08 Å². The van der Waals surface area contributed by atoms with Crippen LogP contribution in [0.3, 0.4) is 0 Å².